The molecule has 2 rings (SSSR count). The molecule has 0 bridgehead atoms. The van der Waals surface area contributed by atoms with Gasteiger partial charge in [-0.1, -0.05) is 35.5 Å². The SMILES string of the molecule is Cn1cc(CC(CN)Cc2ccccc2)nn1. The van der Waals surface area contributed by atoms with Gasteiger partial charge >= 0.3 is 0 Å². The van der Waals surface area contributed by atoms with Gasteiger partial charge in [0.25, 0.3) is 0 Å². The van der Waals surface area contributed by atoms with Crippen LogP contribution in [0, 0.1) is 5.92 Å². The van der Waals surface area contributed by atoms with Gasteiger partial charge in [-0.05, 0) is 30.9 Å². The van der Waals surface area contributed by atoms with Gasteiger partial charge in [0.15, 0.2) is 0 Å². The van der Waals surface area contributed by atoms with Crippen molar-refractivity contribution in [3.8, 4) is 0 Å². The summed E-state index contributed by atoms with van der Waals surface area (Å²) in [6.07, 6.45) is 3.83. The summed E-state index contributed by atoms with van der Waals surface area (Å²) in [6.45, 7) is 0.672. The van der Waals surface area contributed by atoms with E-state index < -0.39 is 0 Å². The number of rotatable bonds is 5. The van der Waals surface area contributed by atoms with Crippen LogP contribution in [-0.4, -0.2) is 21.5 Å². The van der Waals surface area contributed by atoms with Crippen LogP contribution in [0.1, 0.15) is 11.3 Å². The number of hydrogen-bond donors (Lipinski definition) is 1. The largest absolute Gasteiger partial charge is 0.330 e. The Morgan fingerprint density at radius 1 is 1.24 bits per heavy atom. The molecule has 0 aliphatic rings. The molecule has 17 heavy (non-hydrogen) atoms. The minimum Gasteiger partial charge on any atom is -0.330 e. The van der Waals surface area contributed by atoms with Crippen LogP contribution in [0.4, 0.5) is 0 Å². The Morgan fingerprint density at radius 2 is 2.00 bits per heavy atom. The molecule has 1 unspecified atom stereocenters. The van der Waals surface area contributed by atoms with Crippen LogP contribution in [0.3, 0.4) is 0 Å². The van der Waals surface area contributed by atoms with Crippen LogP contribution in [0.25, 0.3) is 0 Å². The van der Waals surface area contributed by atoms with Crippen LogP contribution in [0.2, 0.25) is 0 Å². The van der Waals surface area contributed by atoms with Crippen LogP contribution in [0.5, 0.6) is 0 Å². The monoisotopic (exact) mass is 230 g/mol. The first-order valence-corrected chi connectivity index (χ1v) is 5.87. The molecule has 1 atom stereocenters. The Balaban J connectivity index is 1.98. The zero-order chi connectivity index (χ0) is 12.1. The smallest absolute Gasteiger partial charge is 0.0830 e. The molecule has 1 aromatic carbocycles. The highest BCUT2D eigenvalue weighted by Crippen LogP contribution is 2.12. The van der Waals surface area contributed by atoms with E-state index in [-0.39, 0.29) is 0 Å². The van der Waals surface area contributed by atoms with Crippen molar-refractivity contribution < 1.29 is 0 Å². The third-order valence-corrected chi connectivity index (χ3v) is 2.85. The fourth-order valence-electron chi connectivity index (χ4n) is 1.97. The van der Waals surface area contributed by atoms with E-state index in [0.717, 1.165) is 18.5 Å². The van der Waals surface area contributed by atoms with E-state index in [2.05, 4.69) is 34.6 Å². The van der Waals surface area contributed by atoms with Crippen molar-refractivity contribution in [3.05, 3.63) is 47.8 Å². The molecule has 0 aliphatic heterocycles. The number of benzene rings is 1. The summed E-state index contributed by atoms with van der Waals surface area (Å²) in [5, 5.41) is 8.04. The van der Waals surface area contributed by atoms with Crippen LogP contribution in [0.15, 0.2) is 36.5 Å². The molecular formula is C13H18N4. The first-order chi connectivity index (χ1) is 8.28. The molecule has 0 radical (unpaired) electrons. The Morgan fingerprint density at radius 3 is 2.59 bits per heavy atom. The van der Waals surface area contributed by atoms with E-state index in [1.54, 1.807) is 4.68 Å². The van der Waals surface area contributed by atoms with Crippen molar-refractivity contribution in [1.82, 2.24) is 15.0 Å². The zero-order valence-electron chi connectivity index (χ0n) is 10.1. The van der Waals surface area contributed by atoms with E-state index in [1.165, 1.54) is 5.56 Å². The summed E-state index contributed by atoms with van der Waals surface area (Å²) in [6, 6.07) is 10.4. The van der Waals surface area contributed by atoms with Crippen LogP contribution < -0.4 is 5.73 Å². The molecule has 0 spiro atoms. The molecule has 90 valence electrons. The van der Waals surface area contributed by atoms with Crippen molar-refractivity contribution in [1.29, 1.82) is 0 Å². The molecule has 1 aromatic heterocycles. The fraction of sp³-hybridized carbons (Fsp3) is 0.385. The average Bonchev–Trinajstić information content (AvgIpc) is 2.75. The molecule has 0 fully saturated rings. The van der Waals surface area contributed by atoms with E-state index in [0.29, 0.717) is 12.5 Å². The highest BCUT2D eigenvalue weighted by atomic mass is 15.4. The lowest BCUT2D eigenvalue weighted by atomic mass is 9.95. The second-order valence-electron chi connectivity index (χ2n) is 4.38. The van der Waals surface area contributed by atoms with Crippen molar-refractivity contribution in [2.45, 2.75) is 12.8 Å². The van der Waals surface area contributed by atoms with Gasteiger partial charge in [0.05, 0.1) is 5.69 Å². The predicted molar refractivity (Wildman–Crippen MR) is 67.4 cm³/mol. The van der Waals surface area contributed by atoms with Crippen LogP contribution in [-0.2, 0) is 19.9 Å². The zero-order valence-corrected chi connectivity index (χ0v) is 10.1. The quantitative estimate of drug-likeness (QED) is 0.839. The predicted octanol–water partition coefficient (Wildman–Crippen LogP) is 1.18. The van der Waals surface area contributed by atoms with Gasteiger partial charge in [-0.2, -0.15) is 0 Å². The lowest BCUT2D eigenvalue weighted by molar-refractivity contribution is 0.526. The number of aryl methyl sites for hydroxylation is 1. The summed E-state index contributed by atoms with van der Waals surface area (Å²) in [5.41, 5.74) is 8.16. The van der Waals surface area contributed by atoms with Crippen molar-refractivity contribution >= 4 is 0 Å². The first kappa shape index (κ1) is 11.8. The van der Waals surface area contributed by atoms with Crippen molar-refractivity contribution in [2.24, 2.45) is 18.7 Å². The molecule has 1 heterocycles. The normalized spacial score (nSPS) is 12.6. The third kappa shape index (κ3) is 3.39. The molecule has 4 heteroatoms. The number of nitrogens with zero attached hydrogens (tertiary/aromatic N) is 3. The second kappa shape index (κ2) is 5.59. The summed E-state index contributed by atoms with van der Waals surface area (Å²) < 4.78 is 1.73. The van der Waals surface area contributed by atoms with Gasteiger partial charge in [0.1, 0.15) is 0 Å². The highest BCUT2D eigenvalue weighted by molar-refractivity contribution is 5.15. The summed E-state index contributed by atoms with van der Waals surface area (Å²) in [5.74, 6) is 0.425. The van der Waals surface area contributed by atoms with Crippen molar-refractivity contribution in [3.63, 3.8) is 0 Å². The lowest BCUT2D eigenvalue weighted by Gasteiger charge is -2.12. The van der Waals surface area contributed by atoms with Gasteiger partial charge in [-0.15, -0.1) is 5.10 Å². The standard InChI is InChI=1S/C13H18N4/c1-17-10-13(15-16-17)8-12(9-14)7-11-5-3-2-4-6-11/h2-6,10,12H,7-9,14H2,1H3. The van der Waals surface area contributed by atoms with E-state index in [4.69, 9.17) is 5.73 Å². The molecule has 0 saturated carbocycles. The number of hydrogen-bond acceptors (Lipinski definition) is 3. The van der Waals surface area contributed by atoms with E-state index in [1.807, 2.05) is 19.3 Å². The minimum atomic E-state index is 0.425. The Kier molecular flexibility index (Phi) is 3.88. The Labute approximate surface area is 101 Å². The highest BCUT2D eigenvalue weighted by Gasteiger charge is 2.11. The van der Waals surface area contributed by atoms with Gasteiger partial charge < -0.3 is 5.73 Å². The molecule has 0 amide bonds. The Bertz CT molecular complexity index is 449. The van der Waals surface area contributed by atoms with Gasteiger partial charge in [-0.3, -0.25) is 4.68 Å². The first-order valence-electron chi connectivity index (χ1n) is 5.87. The average molecular weight is 230 g/mol. The van der Waals surface area contributed by atoms with E-state index in [9.17, 15) is 0 Å². The fourth-order valence-corrected chi connectivity index (χ4v) is 1.97. The molecular weight excluding hydrogens is 212 g/mol. The third-order valence-electron chi connectivity index (χ3n) is 2.85. The minimum absolute atomic E-state index is 0.425. The summed E-state index contributed by atoms with van der Waals surface area (Å²) >= 11 is 0. The summed E-state index contributed by atoms with van der Waals surface area (Å²) in [4.78, 5) is 0. The van der Waals surface area contributed by atoms with Gasteiger partial charge in [0, 0.05) is 13.2 Å². The molecule has 0 aliphatic carbocycles. The number of aromatic nitrogens is 3. The lowest BCUT2D eigenvalue weighted by Crippen LogP contribution is -2.19. The molecule has 2 aromatic rings. The molecule has 4 nitrogen and oxygen atoms in total. The maximum atomic E-state index is 5.82. The maximum Gasteiger partial charge on any atom is 0.0830 e. The van der Waals surface area contributed by atoms with Gasteiger partial charge in [-0.25, -0.2) is 0 Å². The van der Waals surface area contributed by atoms with E-state index >= 15 is 0 Å². The van der Waals surface area contributed by atoms with Gasteiger partial charge in [0.2, 0.25) is 0 Å². The summed E-state index contributed by atoms with van der Waals surface area (Å²) in [7, 11) is 1.88. The maximum absolute atomic E-state index is 5.82. The second-order valence-corrected chi connectivity index (χ2v) is 4.38. The molecule has 2 N–H and O–H groups in total. The van der Waals surface area contributed by atoms with Crippen molar-refractivity contribution in [2.75, 3.05) is 6.54 Å². The Hall–Kier alpha value is -1.68. The topological polar surface area (TPSA) is 56.7 Å². The number of nitrogens with two attached hydrogens (primary N) is 1. The van der Waals surface area contributed by atoms with Crippen LogP contribution >= 0.6 is 0 Å². The molecule has 0 saturated heterocycles.